The summed E-state index contributed by atoms with van der Waals surface area (Å²) in [5.41, 5.74) is -0.212. The maximum absolute atomic E-state index is 12.5. The predicted molar refractivity (Wildman–Crippen MR) is 83.3 cm³/mol. The number of hydrogen-bond donors (Lipinski definition) is 2. The highest BCUT2D eigenvalue weighted by Gasteiger charge is 2.30. The summed E-state index contributed by atoms with van der Waals surface area (Å²) in [6, 6.07) is 8.24. The highest BCUT2D eigenvalue weighted by molar-refractivity contribution is 7.92. The molecule has 0 saturated carbocycles. The molecule has 0 heterocycles. The van der Waals surface area contributed by atoms with Gasteiger partial charge in [-0.15, -0.1) is 9.66 Å². The Hall–Kier alpha value is -1.95. The van der Waals surface area contributed by atoms with Gasteiger partial charge in [-0.2, -0.15) is 13.2 Å². The molecule has 0 aromatic heterocycles. The van der Waals surface area contributed by atoms with Crippen LogP contribution in [0.1, 0.15) is 11.1 Å². The van der Waals surface area contributed by atoms with E-state index < -0.39 is 36.7 Å². The Balaban J connectivity index is 2.17. The first-order valence-corrected chi connectivity index (χ1v) is 9.66. The van der Waals surface area contributed by atoms with Gasteiger partial charge in [-0.25, -0.2) is 16.8 Å². The van der Waals surface area contributed by atoms with Crippen LogP contribution in [0.15, 0.2) is 58.3 Å². The van der Waals surface area contributed by atoms with Gasteiger partial charge in [0.1, 0.15) is 0 Å². The molecule has 0 amide bonds. The number of alkyl halides is 3. The summed E-state index contributed by atoms with van der Waals surface area (Å²) < 4.78 is 85.5. The van der Waals surface area contributed by atoms with Gasteiger partial charge in [-0.3, -0.25) is 0 Å². The zero-order valence-corrected chi connectivity index (χ0v) is 14.3. The van der Waals surface area contributed by atoms with Crippen molar-refractivity contribution in [3.8, 4) is 0 Å². The monoisotopic (exact) mass is 394 g/mol. The van der Waals surface area contributed by atoms with Crippen molar-refractivity contribution < 1.29 is 30.0 Å². The van der Waals surface area contributed by atoms with Crippen LogP contribution in [-0.2, 0) is 26.2 Å². The van der Waals surface area contributed by atoms with Gasteiger partial charge < -0.3 is 0 Å². The Bertz CT molecular complexity index is 953. The third-order valence-corrected chi connectivity index (χ3v) is 5.79. The largest absolute Gasteiger partial charge is 0.416 e. The fourth-order valence-corrected chi connectivity index (χ4v) is 3.87. The summed E-state index contributed by atoms with van der Waals surface area (Å²) in [7, 11) is -8.55. The van der Waals surface area contributed by atoms with Crippen LogP contribution in [0, 0.1) is 6.92 Å². The van der Waals surface area contributed by atoms with Crippen molar-refractivity contribution in [3.63, 3.8) is 0 Å². The Kier molecular flexibility index (Phi) is 5.23. The first kappa shape index (κ1) is 19.4. The van der Waals surface area contributed by atoms with Crippen molar-refractivity contribution in [1.29, 1.82) is 0 Å². The average Bonchev–Trinajstić information content (AvgIpc) is 2.53. The molecule has 11 heteroatoms. The van der Waals surface area contributed by atoms with Crippen LogP contribution in [0.3, 0.4) is 0 Å². The van der Waals surface area contributed by atoms with Crippen LogP contribution in [0.2, 0.25) is 0 Å². The van der Waals surface area contributed by atoms with E-state index in [-0.39, 0.29) is 4.90 Å². The summed E-state index contributed by atoms with van der Waals surface area (Å²) in [5.74, 6) is 0. The summed E-state index contributed by atoms with van der Waals surface area (Å²) in [6.07, 6.45) is -4.61. The number of rotatable bonds is 5. The number of nitrogens with one attached hydrogen (secondary N) is 2. The molecule has 2 N–H and O–H groups in total. The SMILES string of the molecule is Cc1ccc(S(=O)(=O)NNS(=O)(=O)c2ccc(C(F)(F)F)cc2)cc1. The standard InChI is InChI=1S/C14H13F3N2O4S2/c1-10-2-6-12(7-3-10)24(20,21)18-19-25(22,23)13-8-4-11(5-9-13)14(15,16)17/h2-9,18-19H,1H3. The first-order chi connectivity index (χ1) is 11.4. The van der Waals surface area contributed by atoms with Crippen LogP contribution < -0.4 is 9.66 Å². The highest BCUT2D eigenvalue weighted by atomic mass is 32.2. The Morgan fingerprint density at radius 1 is 0.720 bits per heavy atom. The normalized spacial score (nSPS) is 13.0. The van der Waals surface area contributed by atoms with Crippen molar-refractivity contribution in [2.75, 3.05) is 0 Å². The van der Waals surface area contributed by atoms with E-state index in [1.165, 1.54) is 24.3 Å². The molecule has 136 valence electrons. The number of hydrogen-bond acceptors (Lipinski definition) is 4. The van der Waals surface area contributed by atoms with E-state index in [1.807, 2.05) is 0 Å². The maximum Gasteiger partial charge on any atom is 0.416 e. The fraction of sp³-hybridized carbons (Fsp3) is 0.143. The van der Waals surface area contributed by atoms with E-state index in [0.717, 1.165) is 17.7 Å². The number of benzene rings is 2. The quantitative estimate of drug-likeness (QED) is 0.761. The molecular weight excluding hydrogens is 381 g/mol. The second-order valence-electron chi connectivity index (χ2n) is 5.05. The van der Waals surface area contributed by atoms with Gasteiger partial charge in [-0.1, -0.05) is 17.7 Å². The van der Waals surface area contributed by atoms with Gasteiger partial charge >= 0.3 is 6.18 Å². The summed E-state index contributed by atoms with van der Waals surface area (Å²) in [5, 5.41) is 0. The molecule has 2 aromatic rings. The lowest BCUT2D eigenvalue weighted by Gasteiger charge is -2.11. The molecule has 0 bridgehead atoms. The first-order valence-electron chi connectivity index (χ1n) is 6.69. The molecule has 0 radical (unpaired) electrons. The van der Waals surface area contributed by atoms with Crippen LogP contribution in [0.4, 0.5) is 13.2 Å². The molecule has 0 spiro atoms. The van der Waals surface area contributed by atoms with Gasteiger partial charge in [0.05, 0.1) is 15.4 Å². The predicted octanol–water partition coefficient (Wildman–Crippen LogP) is 2.19. The molecule has 0 aliphatic rings. The summed E-state index contributed by atoms with van der Waals surface area (Å²) in [4.78, 5) is 2.64. The second kappa shape index (κ2) is 6.75. The summed E-state index contributed by atoms with van der Waals surface area (Å²) in [6.45, 7) is 1.75. The molecule has 2 aromatic carbocycles. The molecular formula is C14H13F3N2O4S2. The molecule has 0 atom stereocenters. The van der Waals surface area contributed by atoms with Crippen LogP contribution in [-0.4, -0.2) is 16.8 Å². The number of sulfonamides is 2. The van der Waals surface area contributed by atoms with Gasteiger partial charge in [0, 0.05) is 0 Å². The second-order valence-corrected chi connectivity index (χ2v) is 8.41. The minimum atomic E-state index is -4.61. The van der Waals surface area contributed by atoms with E-state index in [1.54, 1.807) is 16.6 Å². The van der Waals surface area contributed by atoms with Gasteiger partial charge in [0.25, 0.3) is 20.0 Å². The van der Waals surface area contributed by atoms with Gasteiger partial charge in [-0.05, 0) is 43.3 Å². The van der Waals surface area contributed by atoms with Crippen molar-refractivity contribution in [3.05, 3.63) is 59.7 Å². The maximum atomic E-state index is 12.5. The van der Waals surface area contributed by atoms with E-state index in [9.17, 15) is 30.0 Å². The molecule has 0 fully saturated rings. The van der Waals surface area contributed by atoms with E-state index in [4.69, 9.17) is 0 Å². The van der Waals surface area contributed by atoms with E-state index in [2.05, 4.69) is 0 Å². The zero-order chi connectivity index (χ0) is 18.9. The number of aryl methyl sites for hydroxylation is 1. The lowest BCUT2D eigenvalue weighted by molar-refractivity contribution is -0.137. The molecule has 0 unspecified atom stereocenters. The zero-order valence-electron chi connectivity index (χ0n) is 12.7. The summed E-state index contributed by atoms with van der Waals surface area (Å²) >= 11 is 0. The lowest BCUT2D eigenvalue weighted by atomic mass is 10.2. The van der Waals surface area contributed by atoms with Gasteiger partial charge in [0.15, 0.2) is 0 Å². The van der Waals surface area contributed by atoms with Gasteiger partial charge in [0.2, 0.25) is 0 Å². The average molecular weight is 394 g/mol. The fourth-order valence-electron chi connectivity index (χ4n) is 1.77. The molecule has 0 aliphatic carbocycles. The topological polar surface area (TPSA) is 92.3 Å². The molecule has 0 saturated heterocycles. The molecule has 2 rings (SSSR count). The van der Waals surface area contributed by atoms with Crippen LogP contribution in [0.25, 0.3) is 0 Å². The molecule has 25 heavy (non-hydrogen) atoms. The Morgan fingerprint density at radius 3 is 1.44 bits per heavy atom. The van der Waals surface area contributed by atoms with E-state index in [0.29, 0.717) is 12.1 Å². The van der Waals surface area contributed by atoms with E-state index >= 15 is 0 Å². The van der Waals surface area contributed by atoms with Crippen LogP contribution >= 0.6 is 0 Å². The minimum Gasteiger partial charge on any atom is -0.206 e. The van der Waals surface area contributed by atoms with Crippen LogP contribution in [0.5, 0.6) is 0 Å². The molecule has 0 aliphatic heterocycles. The number of hydrazine groups is 1. The van der Waals surface area contributed by atoms with Crippen molar-refractivity contribution in [2.24, 2.45) is 0 Å². The smallest absolute Gasteiger partial charge is 0.206 e. The highest BCUT2D eigenvalue weighted by Crippen LogP contribution is 2.29. The van der Waals surface area contributed by atoms with Crippen molar-refractivity contribution in [2.45, 2.75) is 22.9 Å². The Morgan fingerprint density at radius 2 is 1.08 bits per heavy atom. The van der Waals surface area contributed by atoms with Crippen molar-refractivity contribution in [1.82, 2.24) is 9.66 Å². The third kappa shape index (κ3) is 4.78. The Labute approximate surface area is 142 Å². The van der Waals surface area contributed by atoms with Crippen molar-refractivity contribution >= 4 is 20.0 Å². The third-order valence-electron chi connectivity index (χ3n) is 3.13. The lowest BCUT2D eigenvalue weighted by Crippen LogP contribution is -2.41. The number of halogens is 3. The molecule has 6 nitrogen and oxygen atoms in total. The minimum absolute atomic E-state index is 0.173.